The second kappa shape index (κ2) is 9.81. The van der Waals surface area contributed by atoms with Gasteiger partial charge >= 0.3 is 0 Å². The molecule has 0 saturated carbocycles. The summed E-state index contributed by atoms with van der Waals surface area (Å²) in [4.78, 5) is 19.6. The Kier molecular flexibility index (Phi) is 7.18. The molecule has 1 saturated heterocycles. The molecule has 146 valence electrons. The third-order valence-corrected chi connectivity index (χ3v) is 5.68. The fourth-order valence-electron chi connectivity index (χ4n) is 4.10. The van der Waals surface area contributed by atoms with Crippen LogP contribution in [0.3, 0.4) is 0 Å². The molecule has 1 aliphatic rings. The minimum absolute atomic E-state index is 0.0670. The molecule has 2 heterocycles. The van der Waals surface area contributed by atoms with Crippen LogP contribution in [0.25, 0.3) is 10.9 Å². The highest BCUT2D eigenvalue weighted by molar-refractivity contribution is 5.87. The predicted octanol–water partition coefficient (Wildman–Crippen LogP) is 3.03. The number of hydrogen-bond donors (Lipinski definition) is 1. The highest BCUT2D eigenvalue weighted by Gasteiger charge is 2.27. The van der Waals surface area contributed by atoms with Crippen LogP contribution in [0.2, 0.25) is 0 Å². The second-order valence-corrected chi connectivity index (χ2v) is 7.27. The number of carbonyl (C=O) groups excluding carboxylic acids is 1. The van der Waals surface area contributed by atoms with E-state index in [2.05, 4.69) is 29.0 Å². The molecule has 1 atom stereocenters. The van der Waals surface area contributed by atoms with Crippen molar-refractivity contribution in [1.29, 1.82) is 0 Å². The number of benzene rings is 1. The fourth-order valence-corrected chi connectivity index (χ4v) is 4.10. The van der Waals surface area contributed by atoms with Crippen molar-refractivity contribution in [3.8, 4) is 0 Å². The Labute approximate surface area is 162 Å². The van der Waals surface area contributed by atoms with Crippen molar-refractivity contribution < 1.29 is 9.53 Å². The van der Waals surface area contributed by atoms with Crippen molar-refractivity contribution in [2.75, 3.05) is 32.8 Å². The minimum atomic E-state index is 0.0670. The van der Waals surface area contributed by atoms with Gasteiger partial charge in [0.25, 0.3) is 0 Å². The molecule has 0 aliphatic carbocycles. The summed E-state index contributed by atoms with van der Waals surface area (Å²) in [6.45, 7) is 8.65. The van der Waals surface area contributed by atoms with Crippen molar-refractivity contribution in [2.45, 2.75) is 39.2 Å². The van der Waals surface area contributed by atoms with Crippen molar-refractivity contribution in [2.24, 2.45) is 5.92 Å². The van der Waals surface area contributed by atoms with Crippen LogP contribution in [-0.4, -0.2) is 54.7 Å². The monoisotopic (exact) mass is 369 g/mol. The van der Waals surface area contributed by atoms with Gasteiger partial charge in [-0.05, 0) is 17.5 Å². The van der Waals surface area contributed by atoms with Crippen LogP contribution in [0.1, 0.15) is 32.3 Å². The Morgan fingerprint density at radius 3 is 2.67 bits per heavy atom. The molecule has 0 radical (unpaired) electrons. The molecule has 3 rings (SSSR count). The molecule has 5 nitrogen and oxygen atoms in total. The van der Waals surface area contributed by atoms with E-state index in [0.717, 1.165) is 55.6 Å². The van der Waals surface area contributed by atoms with Crippen molar-refractivity contribution >= 4 is 16.8 Å². The van der Waals surface area contributed by atoms with Crippen molar-refractivity contribution in [3.63, 3.8) is 0 Å². The SMILES string of the molecule is CCC(CC)C(CNC(=O)Cc1cccc2cccnc12)N1CCOCC1. The summed E-state index contributed by atoms with van der Waals surface area (Å²) in [7, 11) is 0. The number of nitrogens with one attached hydrogen (secondary N) is 1. The number of pyridine rings is 1. The van der Waals surface area contributed by atoms with Gasteiger partial charge in [-0.1, -0.05) is 51.0 Å². The molecule has 1 unspecified atom stereocenters. The predicted molar refractivity (Wildman–Crippen MR) is 109 cm³/mol. The molecular formula is C22H31N3O2. The van der Waals surface area contributed by atoms with Gasteiger partial charge in [0.05, 0.1) is 25.2 Å². The maximum atomic E-state index is 12.7. The van der Waals surface area contributed by atoms with Crippen LogP contribution in [0.15, 0.2) is 36.5 Å². The fraction of sp³-hybridized carbons (Fsp3) is 0.545. The second-order valence-electron chi connectivity index (χ2n) is 7.27. The molecule has 1 aromatic heterocycles. The highest BCUT2D eigenvalue weighted by Crippen LogP contribution is 2.20. The van der Waals surface area contributed by atoms with E-state index in [4.69, 9.17) is 4.74 Å². The molecule has 1 aliphatic heterocycles. The van der Waals surface area contributed by atoms with Gasteiger partial charge < -0.3 is 10.1 Å². The number of para-hydroxylation sites is 1. The third kappa shape index (κ3) is 5.05. The molecule has 1 aromatic carbocycles. The first-order valence-electron chi connectivity index (χ1n) is 10.1. The van der Waals surface area contributed by atoms with E-state index < -0.39 is 0 Å². The summed E-state index contributed by atoms with van der Waals surface area (Å²) >= 11 is 0. The van der Waals surface area contributed by atoms with Gasteiger partial charge in [-0.25, -0.2) is 0 Å². The molecule has 1 fully saturated rings. The van der Waals surface area contributed by atoms with Crippen LogP contribution in [0.4, 0.5) is 0 Å². The van der Waals surface area contributed by atoms with E-state index in [1.807, 2.05) is 30.3 Å². The number of nitrogens with zero attached hydrogens (tertiary/aromatic N) is 2. The van der Waals surface area contributed by atoms with Gasteiger partial charge in [-0.3, -0.25) is 14.7 Å². The number of amides is 1. The first-order valence-corrected chi connectivity index (χ1v) is 10.1. The van der Waals surface area contributed by atoms with Gasteiger partial charge in [0.15, 0.2) is 0 Å². The van der Waals surface area contributed by atoms with Gasteiger partial charge in [-0.2, -0.15) is 0 Å². The molecule has 27 heavy (non-hydrogen) atoms. The first-order chi connectivity index (χ1) is 13.2. The van der Waals surface area contributed by atoms with Gasteiger partial charge in [-0.15, -0.1) is 0 Å². The average molecular weight is 370 g/mol. The summed E-state index contributed by atoms with van der Waals surface area (Å²) in [5.74, 6) is 0.653. The standard InChI is InChI=1S/C22H31N3O2/c1-3-17(4-2)20(25-11-13-27-14-12-25)16-24-21(26)15-19-8-5-7-18-9-6-10-23-22(18)19/h5-10,17,20H,3-4,11-16H2,1-2H3,(H,24,26). The lowest BCUT2D eigenvalue weighted by Crippen LogP contribution is -2.52. The number of rotatable bonds is 8. The van der Waals surface area contributed by atoms with E-state index in [1.165, 1.54) is 0 Å². The summed E-state index contributed by atoms with van der Waals surface area (Å²) in [5, 5.41) is 4.27. The number of aromatic nitrogens is 1. The Morgan fingerprint density at radius 2 is 1.93 bits per heavy atom. The number of fused-ring (bicyclic) bond motifs is 1. The summed E-state index contributed by atoms with van der Waals surface area (Å²) in [5.41, 5.74) is 1.90. The number of morpholine rings is 1. The Bertz CT molecular complexity index is 734. The zero-order valence-electron chi connectivity index (χ0n) is 16.5. The maximum absolute atomic E-state index is 12.7. The van der Waals surface area contributed by atoms with Gasteiger partial charge in [0.1, 0.15) is 0 Å². The molecule has 0 bridgehead atoms. The van der Waals surface area contributed by atoms with Gasteiger partial charge in [0.2, 0.25) is 5.91 Å². The molecule has 2 aromatic rings. The number of ether oxygens (including phenoxy) is 1. The first kappa shape index (κ1) is 19.8. The third-order valence-electron chi connectivity index (χ3n) is 5.68. The van der Waals surface area contributed by atoms with Crippen LogP contribution in [0, 0.1) is 5.92 Å². The van der Waals surface area contributed by atoms with E-state index in [0.29, 0.717) is 24.9 Å². The topological polar surface area (TPSA) is 54.5 Å². The van der Waals surface area contributed by atoms with Crippen LogP contribution < -0.4 is 5.32 Å². The lowest BCUT2D eigenvalue weighted by atomic mass is 9.92. The van der Waals surface area contributed by atoms with Crippen LogP contribution in [0.5, 0.6) is 0 Å². The lowest BCUT2D eigenvalue weighted by Gasteiger charge is -2.38. The Morgan fingerprint density at radius 1 is 1.19 bits per heavy atom. The Hall–Kier alpha value is -1.98. The molecular weight excluding hydrogens is 338 g/mol. The largest absolute Gasteiger partial charge is 0.379 e. The van der Waals surface area contributed by atoms with Gasteiger partial charge in [0, 0.05) is 37.3 Å². The highest BCUT2D eigenvalue weighted by atomic mass is 16.5. The van der Waals surface area contributed by atoms with Crippen LogP contribution >= 0.6 is 0 Å². The minimum Gasteiger partial charge on any atom is -0.379 e. The normalized spacial score (nSPS) is 16.6. The zero-order valence-corrected chi connectivity index (χ0v) is 16.5. The molecule has 0 spiro atoms. The molecule has 5 heteroatoms. The smallest absolute Gasteiger partial charge is 0.224 e. The van der Waals surface area contributed by atoms with Crippen molar-refractivity contribution in [1.82, 2.24) is 15.2 Å². The van der Waals surface area contributed by atoms with E-state index in [-0.39, 0.29) is 5.91 Å². The zero-order chi connectivity index (χ0) is 19.1. The van der Waals surface area contributed by atoms with Crippen molar-refractivity contribution in [3.05, 3.63) is 42.1 Å². The summed E-state index contributed by atoms with van der Waals surface area (Å²) in [6.07, 6.45) is 4.40. The summed E-state index contributed by atoms with van der Waals surface area (Å²) < 4.78 is 5.51. The average Bonchev–Trinajstić information content (AvgIpc) is 2.72. The Balaban J connectivity index is 1.64. The quantitative estimate of drug-likeness (QED) is 0.777. The van der Waals surface area contributed by atoms with E-state index in [1.54, 1.807) is 6.20 Å². The number of hydrogen-bond acceptors (Lipinski definition) is 4. The van der Waals surface area contributed by atoms with E-state index in [9.17, 15) is 4.79 Å². The van der Waals surface area contributed by atoms with E-state index >= 15 is 0 Å². The lowest BCUT2D eigenvalue weighted by molar-refractivity contribution is -0.120. The maximum Gasteiger partial charge on any atom is 0.224 e. The van der Waals surface area contributed by atoms with Crippen LogP contribution in [-0.2, 0) is 16.0 Å². The number of carbonyl (C=O) groups is 1. The molecule has 1 N–H and O–H groups in total. The summed E-state index contributed by atoms with van der Waals surface area (Å²) in [6, 6.07) is 10.4. The molecule has 1 amide bonds.